The Kier molecular flexibility index (Phi) is 4.88. The number of benzene rings is 1. The van der Waals surface area contributed by atoms with Crippen LogP contribution >= 0.6 is 0 Å². The first-order valence-corrected chi connectivity index (χ1v) is 7.45. The number of rotatable bonds is 5. The number of ether oxygens (including phenoxy) is 2. The molecule has 1 aromatic carbocycles. The van der Waals surface area contributed by atoms with E-state index in [4.69, 9.17) is 9.47 Å². The lowest BCUT2D eigenvalue weighted by Gasteiger charge is -2.42. The van der Waals surface area contributed by atoms with E-state index >= 15 is 0 Å². The van der Waals surface area contributed by atoms with Gasteiger partial charge in [0, 0.05) is 17.6 Å². The summed E-state index contributed by atoms with van der Waals surface area (Å²) in [4.78, 5) is 11.4. The van der Waals surface area contributed by atoms with Crippen LogP contribution in [0.15, 0.2) is 24.3 Å². The van der Waals surface area contributed by atoms with Crippen LogP contribution in [-0.4, -0.2) is 30.9 Å². The molecule has 1 heterocycles. The molecule has 1 N–H and O–H groups in total. The van der Waals surface area contributed by atoms with Crippen molar-refractivity contribution in [3.8, 4) is 5.75 Å². The predicted octanol–water partition coefficient (Wildman–Crippen LogP) is 3.24. The van der Waals surface area contributed by atoms with Crippen molar-refractivity contribution < 1.29 is 19.4 Å². The molecule has 2 rings (SSSR count). The first-order chi connectivity index (χ1) is 9.98. The number of para-hydroxylation sites is 1. The van der Waals surface area contributed by atoms with E-state index in [1.807, 2.05) is 24.3 Å². The summed E-state index contributed by atoms with van der Waals surface area (Å²) in [5.74, 6) is 0.363. The summed E-state index contributed by atoms with van der Waals surface area (Å²) in [5.41, 5.74) is 0.579. The van der Waals surface area contributed by atoms with Crippen molar-refractivity contribution in [1.29, 1.82) is 0 Å². The van der Waals surface area contributed by atoms with Crippen molar-refractivity contribution in [2.75, 3.05) is 13.7 Å². The van der Waals surface area contributed by atoms with Crippen molar-refractivity contribution in [3.05, 3.63) is 29.8 Å². The molecule has 2 atom stereocenters. The molecular formula is C17H24O4. The minimum atomic E-state index is -0.773. The molecule has 0 spiro atoms. The first-order valence-electron chi connectivity index (χ1n) is 7.45. The van der Waals surface area contributed by atoms with E-state index < -0.39 is 11.4 Å². The molecule has 21 heavy (non-hydrogen) atoms. The Labute approximate surface area is 126 Å². The van der Waals surface area contributed by atoms with Gasteiger partial charge in [-0.25, -0.2) is 0 Å². The van der Waals surface area contributed by atoms with Crippen molar-refractivity contribution in [1.82, 2.24) is 0 Å². The third-order valence-corrected chi connectivity index (χ3v) is 4.42. The van der Waals surface area contributed by atoms with Crippen LogP contribution in [0.25, 0.3) is 0 Å². The smallest absolute Gasteiger partial charge is 0.304 e. The molecule has 1 saturated heterocycles. The van der Waals surface area contributed by atoms with Crippen LogP contribution < -0.4 is 4.74 Å². The SMILES string of the molecule is COc1ccccc1[C@]1(CC(=O)O)CCO[C@@H](C(C)C)C1. The topological polar surface area (TPSA) is 55.8 Å². The predicted molar refractivity (Wildman–Crippen MR) is 80.7 cm³/mol. The van der Waals surface area contributed by atoms with E-state index in [0.717, 1.165) is 17.7 Å². The number of aliphatic carboxylic acids is 1. The summed E-state index contributed by atoms with van der Waals surface area (Å²) >= 11 is 0. The zero-order valence-electron chi connectivity index (χ0n) is 13.0. The van der Waals surface area contributed by atoms with Crippen molar-refractivity contribution >= 4 is 5.97 Å². The fourth-order valence-electron chi connectivity index (χ4n) is 3.25. The van der Waals surface area contributed by atoms with Gasteiger partial charge in [0.15, 0.2) is 0 Å². The lowest BCUT2D eigenvalue weighted by molar-refractivity contribution is -0.140. The van der Waals surface area contributed by atoms with Gasteiger partial charge in [0.25, 0.3) is 0 Å². The Morgan fingerprint density at radius 2 is 2.19 bits per heavy atom. The Morgan fingerprint density at radius 1 is 1.48 bits per heavy atom. The minimum absolute atomic E-state index is 0.0861. The van der Waals surface area contributed by atoms with Crippen LogP contribution in [0.5, 0.6) is 5.75 Å². The molecule has 116 valence electrons. The Bertz CT molecular complexity index is 497. The third-order valence-electron chi connectivity index (χ3n) is 4.42. The molecule has 1 aromatic rings. The second-order valence-electron chi connectivity index (χ2n) is 6.16. The summed E-state index contributed by atoms with van der Waals surface area (Å²) in [5, 5.41) is 9.40. The zero-order chi connectivity index (χ0) is 15.5. The van der Waals surface area contributed by atoms with E-state index in [2.05, 4.69) is 13.8 Å². The largest absolute Gasteiger partial charge is 0.496 e. The summed E-state index contributed by atoms with van der Waals surface area (Å²) < 4.78 is 11.3. The maximum atomic E-state index is 11.4. The van der Waals surface area contributed by atoms with Crippen molar-refractivity contribution in [2.45, 2.75) is 44.6 Å². The first kappa shape index (κ1) is 15.8. The summed E-state index contributed by atoms with van der Waals surface area (Å²) in [6.45, 7) is 4.82. The maximum absolute atomic E-state index is 11.4. The third kappa shape index (κ3) is 3.38. The Morgan fingerprint density at radius 3 is 2.81 bits per heavy atom. The summed E-state index contributed by atoms with van der Waals surface area (Å²) in [7, 11) is 1.63. The summed E-state index contributed by atoms with van der Waals surface area (Å²) in [6.07, 6.45) is 1.63. The van der Waals surface area contributed by atoms with Crippen molar-refractivity contribution in [3.63, 3.8) is 0 Å². The van der Waals surface area contributed by atoms with E-state index in [1.165, 1.54) is 0 Å². The molecule has 0 aromatic heterocycles. The normalized spacial score (nSPS) is 25.8. The molecule has 4 nitrogen and oxygen atoms in total. The average molecular weight is 292 g/mol. The van der Waals surface area contributed by atoms with Crippen molar-refractivity contribution in [2.24, 2.45) is 5.92 Å². The average Bonchev–Trinajstić information content (AvgIpc) is 2.46. The molecule has 1 aliphatic heterocycles. The van der Waals surface area contributed by atoms with Gasteiger partial charge in [0.1, 0.15) is 5.75 Å². The van der Waals surface area contributed by atoms with Gasteiger partial charge in [-0.2, -0.15) is 0 Å². The van der Waals surface area contributed by atoms with Gasteiger partial charge >= 0.3 is 5.97 Å². The van der Waals surface area contributed by atoms with Gasteiger partial charge in [-0.1, -0.05) is 32.0 Å². The molecular weight excluding hydrogens is 268 g/mol. The van der Waals surface area contributed by atoms with Gasteiger partial charge in [-0.05, 0) is 24.8 Å². The van der Waals surface area contributed by atoms with Crippen LogP contribution in [0, 0.1) is 5.92 Å². The number of carboxylic acids is 1. The quantitative estimate of drug-likeness (QED) is 0.905. The molecule has 1 fully saturated rings. The van der Waals surface area contributed by atoms with E-state index in [1.54, 1.807) is 7.11 Å². The molecule has 0 amide bonds. The van der Waals surface area contributed by atoms with Gasteiger partial charge < -0.3 is 14.6 Å². The van der Waals surface area contributed by atoms with Crippen LogP contribution in [0.3, 0.4) is 0 Å². The van der Waals surface area contributed by atoms with E-state index in [0.29, 0.717) is 18.9 Å². The van der Waals surface area contributed by atoms with Crippen LogP contribution in [0.4, 0.5) is 0 Å². The highest BCUT2D eigenvalue weighted by molar-refractivity contribution is 5.69. The molecule has 0 radical (unpaired) electrons. The van der Waals surface area contributed by atoms with Gasteiger partial charge in [0.2, 0.25) is 0 Å². The van der Waals surface area contributed by atoms with E-state index in [-0.39, 0.29) is 12.5 Å². The van der Waals surface area contributed by atoms with E-state index in [9.17, 15) is 9.90 Å². The minimum Gasteiger partial charge on any atom is -0.496 e. The highest BCUT2D eigenvalue weighted by atomic mass is 16.5. The lowest BCUT2D eigenvalue weighted by atomic mass is 9.68. The molecule has 4 heteroatoms. The number of carbonyl (C=O) groups is 1. The number of hydrogen-bond donors (Lipinski definition) is 1. The number of hydrogen-bond acceptors (Lipinski definition) is 3. The fraction of sp³-hybridized carbons (Fsp3) is 0.588. The van der Waals surface area contributed by atoms with Gasteiger partial charge in [0.05, 0.1) is 19.6 Å². The molecule has 0 saturated carbocycles. The maximum Gasteiger partial charge on any atom is 0.304 e. The fourth-order valence-corrected chi connectivity index (χ4v) is 3.25. The zero-order valence-corrected chi connectivity index (χ0v) is 13.0. The summed E-state index contributed by atoms with van der Waals surface area (Å²) in [6, 6.07) is 7.75. The van der Waals surface area contributed by atoms with Crippen LogP contribution in [0.1, 0.15) is 38.7 Å². The second kappa shape index (κ2) is 6.48. The monoisotopic (exact) mass is 292 g/mol. The van der Waals surface area contributed by atoms with Crippen LogP contribution in [-0.2, 0) is 14.9 Å². The molecule has 0 bridgehead atoms. The Hall–Kier alpha value is -1.55. The standard InChI is InChI=1S/C17H24O4/c1-12(2)15-10-17(8-9-21-15,11-16(18)19)13-6-4-5-7-14(13)20-3/h4-7,12,15H,8-11H2,1-3H3,(H,18,19)/t15-,17-/m1/s1. The molecule has 1 aliphatic rings. The number of methoxy groups -OCH3 is 1. The lowest BCUT2D eigenvalue weighted by Crippen LogP contribution is -2.42. The van der Waals surface area contributed by atoms with Gasteiger partial charge in [-0.15, -0.1) is 0 Å². The molecule has 0 unspecified atom stereocenters. The highest BCUT2D eigenvalue weighted by Gasteiger charge is 2.42. The highest BCUT2D eigenvalue weighted by Crippen LogP contribution is 2.45. The Balaban J connectivity index is 2.43. The molecule has 0 aliphatic carbocycles. The second-order valence-corrected chi connectivity index (χ2v) is 6.16. The van der Waals surface area contributed by atoms with Gasteiger partial charge in [-0.3, -0.25) is 4.79 Å². The number of carboxylic acid groups (broad SMARTS) is 1. The van der Waals surface area contributed by atoms with Crippen LogP contribution in [0.2, 0.25) is 0 Å².